The van der Waals surface area contributed by atoms with Gasteiger partial charge in [-0.25, -0.2) is 9.59 Å². The van der Waals surface area contributed by atoms with E-state index in [-0.39, 0.29) is 11.5 Å². The minimum atomic E-state index is -1.26. The summed E-state index contributed by atoms with van der Waals surface area (Å²) in [6, 6.07) is 21.4. The monoisotopic (exact) mass is 676 g/mol. The molecule has 1 fully saturated rings. The number of ketones is 1. The molecule has 8 nitrogen and oxygen atoms in total. The van der Waals surface area contributed by atoms with Crippen LogP contribution in [0.15, 0.2) is 99.2 Å². The molecule has 0 aromatic heterocycles. The molecule has 3 aromatic carbocycles. The van der Waals surface area contributed by atoms with Gasteiger partial charge in [0.2, 0.25) is 0 Å². The van der Waals surface area contributed by atoms with Crippen LogP contribution in [0.2, 0.25) is 0 Å². The summed E-state index contributed by atoms with van der Waals surface area (Å²) in [7, 11) is 2.23. The van der Waals surface area contributed by atoms with Crippen LogP contribution in [0.25, 0.3) is 0 Å². The van der Waals surface area contributed by atoms with Gasteiger partial charge in [-0.15, -0.1) is 11.8 Å². The van der Waals surface area contributed by atoms with Gasteiger partial charge in [-0.3, -0.25) is 9.69 Å². The molecule has 3 N–H and O–H groups in total. The molecule has 1 saturated heterocycles. The fraction of sp³-hybridized carbons (Fsp3) is 0.324. The molecule has 0 saturated carbocycles. The predicted molar refractivity (Wildman–Crippen MR) is 190 cm³/mol. The standard InChI is InChI=1S/C20H24N2S2.C13H16O2.C4H4O4/c1-21-9-11-22(12-10-21)18-13-15-5-3-4-6-19(15)24-20-8-7-16(23-2)14-17(18)20;1-9(2)4-5-12-8-11(10(3)14)6-7-13(12)15;5-3(6)1-2-4(7)8/h3-8,14,18H,9-13H2,1-2H3;4,6-8,15H,5H2,1-3H3;1-2H,(H,5,6)(H,7,8). The van der Waals surface area contributed by atoms with Gasteiger partial charge in [0.05, 0.1) is 0 Å². The van der Waals surface area contributed by atoms with Crippen molar-refractivity contribution in [3.05, 3.63) is 107 Å². The van der Waals surface area contributed by atoms with Crippen molar-refractivity contribution in [3.8, 4) is 5.75 Å². The number of phenols is 1. The van der Waals surface area contributed by atoms with E-state index in [0.717, 1.165) is 25.1 Å². The summed E-state index contributed by atoms with van der Waals surface area (Å²) >= 11 is 3.79. The van der Waals surface area contributed by atoms with Crippen molar-refractivity contribution in [2.75, 3.05) is 39.5 Å². The third-order valence-electron chi connectivity index (χ3n) is 7.75. The van der Waals surface area contributed by atoms with Gasteiger partial charge in [-0.1, -0.05) is 41.6 Å². The number of carbonyl (C=O) groups is 3. The van der Waals surface area contributed by atoms with Crippen molar-refractivity contribution in [1.29, 1.82) is 0 Å². The van der Waals surface area contributed by atoms with Gasteiger partial charge < -0.3 is 20.2 Å². The Labute approximate surface area is 286 Å². The highest BCUT2D eigenvalue weighted by molar-refractivity contribution is 7.99. The first kappa shape index (κ1) is 37.6. The third kappa shape index (κ3) is 12.0. The fourth-order valence-corrected chi connectivity index (χ4v) is 6.66. The number of carbonyl (C=O) groups excluding carboxylic acids is 1. The number of carboxylic acids is 2. The predicted octanol–water partition coefficient (Wildman–Crippen LogP) is 7.22. The summed E-state index contributed by atoms with van der Waals surface area (Å²) in [5.74, 6) is -2.24. The molecule has 2 aliphatic rings. The normalized spacial score (nSPS) is 15.9. The lowest BCUT2D eigenvalue weighted by molar-refractivity contribution is -0.134. The number of Topliss-reactive ketones (excluding diaryl/α,β-unsaturated/α-hetero) is 1. The number of nitrogens with zero attached hydrogens (tertiary/aromatic N) is 2. The van der Waals surface area contributed by atoms with Gasteiger partial charge in [0.25, 0.3) is 0 Å². The van der Waals surface area contributed by atoms with Crippen LogP contribution in [0.1, 0.15) is 53.9 Å². The molecule has 3 aromatic rings. The van der Waals surface area contributed by atoms with E-state index in [9.17, 15) is 19.5 Å². The Morgan fingerprint density at radius 2 is 1.55 bits per heavy atom. The molecule has 5 rings (SSSR count). The van der Waals surface area contributed by atoms with Crippen molar-refractivity contribution in [3.63, 3.8) is 0 Å². The second kappa shape index (κ2) is 18.5. The van der Waals surface area contributed by atoms with Crippen molar-refractivity contribution in [1.82, 2.24) is 9.80 Å². The van der Waals surface area contributed by atoms with Gasteiger partial charge in [0.1, 0.15) is 5.75 Å². The highest BCUT2D eigenvalue weighted by Gasteiger charge is 2.29. The van der Waals surface area contributed by atoms with E-state index in [4.69, 9.17) is 10.2 Å². The second-order valence-corrected chi connectivity index (χ2v) is 13.5. The number of aromatic hydroxyl groups is 1. The van der Waals surface area contributed by atoms with Crippen LogP contribution in [0, 0.1) is 0 Å². The Morgan fingerprint density at radius 1 is 0.894 bits per heavy atom. The van der Waals surface area contributed by atoms with E-state index >= 15 is 0 Å². The number of piperazine rings is 1. The molecular weight excluding hydrogens is 633 g/mol. The molecule has 250 valence electrons. The lowest BCUT2D eigenvalue weighted by Crippen LogP contribution is -2.46. The summed E-state index contributed by atoms with van der Waals surface area (Å²) in [6.45, 7) is 10.2. The first-order valence-electron chi connectivity index (χ1n) is 15.3. The van der Waals surface area contributed by atoms with Gasteiger partial charge in [-0.05, 0) is 106 Å². The Bertz CT molecular complexity index is 1590. The van der Waals surface area contributed by atoms with Crippen LogP contribution in [0.5, 0.6) is 5.75 Å². The SMILES string of the molecule is CC(=O)c1ccc(O)c(CC=C(C)C)c1.CSc1ccc2c(c1)C(N1CCN(C)CC1)Cc1ccccc1S2.O=C(O)C=CC(=O)O. The number of hydrogen-bond donors (Lipinski definition) is 3. The Hall–Kier alpha value is -3.83. The van der Waals surface area contributed by atoms with Gasteiger partial charge in [0, 0.05) is 64.6 Å². The number of phenolic OH excluding ortho intramolecular Hbond substituents is 1. The van der Waals surface area contributed by atoms with E-state index in [0.29, 0.717) is 30.2 Å². The quantitative estimate of drug-likeness (QED) is 0.102. The molecule has 2 heterocycles. The molecule has 2 aliphatic heterocycles. The molecule has 47 heavy (non-hydrogen) atoms. The number of hydrogen-bond acceptors (Lipinski definition) is 8. The van der Waals surface area contributed by atoms with E-state index in [2.05, 4.69) is 65.6 Å². The van der Waals surface area contributed by atoms with Crippen LogP contribution in [0.4, 0.5) is 0 Å². The zero-order valence-electron chi connectivity index (χ0n) is 27.6. The first-order valence-corrected chi connectivity index (χ1v) is 17.4. The highest BCUT2D eigenvalue weighted by Crippen LogP contribution is 2.44. The molecule has 10 heteroatoms. The topological polar surface area (TPSA) is 118 Å². The molecular formula is C37H44N2O6S2. The van der Waals surface area contributed by atoms with Crippen molar-refractivity contribution >= 4 is 41.2 Å². The van der Waals surface area contributed by atoms with Crippen LogP contribution in [0.3, 0.4) is 0 Å². The van der Waals surface area contributed by atoms with E-state index < -0.39 is 11.9 Å². The number of allylic oxidation sites excluding steroid dienone is 2. The van der Waals surface area contributed by atoms with E-state index in [1.54, 1.807) is 18.2 Å². The minimum absolute atomic E-state index is 0.0217. The number of likely N-dealkylation sites (N-methyl/N-ethyl adjacent to an activating group) is 1. The number of benzene rings is 3. The molecule has 0 bridgehead atoms. The summed E-state index contributed by atoms with van der Waals surface area (Å²) in [5, 5.41) is 25.2. The van der Waals surface area contributed by atoms with E-state index in [1.165, 1.54) is 51.4 Å². The summed E-state index contributed by atoms with van der Waals surface area (Å²) in [5.41, 5.74) is 5.65. The summed E-state index contributed by atoms with van der Waals surface area (Å²) < 4.78 is 0. The molecule has 1 unspecified atom stereocenters. The Kier molecular flexibility index (Phi) is 14.8. The van der Waals surface area contributed by atoms with Crippen molar-refractivity contribution < 1.29 is 29.7 Å². The maximum Gasteiger partial charge on any atom is 0.328 e. The van der Waals surface area contributed by atoms with Gasteiger partial charge in [0.15, 0.2) is 5.78 Å². The largest absolute Gasteiger partial charge is 0.508 e. The number of thioether (sulfide) groups is 1. The van der Waals surface area contributed by atoms with Crippen molar-refractivity contribution in [2.45, 2.75) is 54.3 Å². The van der Waals surface area contributed by atoms with Crippen LogP contribution in [-0.4, -0.2) is 82.3 Å². The average molecular weight is 677 g/mol. The number of aliphatic carboxylic acids is 2. The molecule has 0 spiro atoms. The Balaban J connectivity index is 0.000000223. The number of fused-ring (bicyclic) bond motifs is 2. The zero-order valence-corrected chi connectivity index (χ0v) is 29.2. The smallest absolute Gasteiger partial charge is 0.328 e. The molecule has 0 aliphatic carbocycles. The average Bonchev–Trinajstić information content (AvgIpc) is 3.20. The summed E-state index contributed by atoms with van der Waals surface area (Å²) in [6.07, 6.45) is 7.10. The molecule has 0 radical (unpaired) electrons. The zero-order chi connectivity index (χ0) is 34.5. The first-order chi connectivity index (χ1) is 22.4. The van der Waals surface area contributed by atoms with Gasteiger partial charge >= 0.3 is 11.9 Å². The third-order valence-corrected chi connectivity index (χ3v) is 9.68. The van der Waals surface area contributed by atoms with Crippen LogP contribution in [-0.2, 0) is 22.4 Å². The Morgan fingerprint density at radius 3 is 2.15 bits per heavy atom. The fourth-order valence-electron chi connectivity index (χ4n) is 5.10. The maximum atomic E-state index is 11.1. The van der Waals surface area contributed by atoms with Crippen LogP contribution < -0.4 is 0 Å². The lowest BCUT2D eigenvalue weighted by Gasteiger charge is -2.38. The molecule has 1 atom stereocenters. The number of rotatable bonds is 7. The maximum absolute atomic E-state index is 11.1. The second-order valence-electron chi connectivity index (χ2n) is 11.6. The van der Waals surface area contributed by atoms with Gasteiger partial charge in [-0.2, -0.15) is 0 Å². The summed E-state index contributed by atoms with van der Waals surface area (Å²) in [4.78, 5) is 39.6. The molecule has 0 amide bonds. The van der Waals surface area contributed by atoms with Crippen LogP contribution >= 0.6 is 23.5 Å². The van der Waals surface area contributed by atoms with E-state index in [1.807, 2.05) is 43.4 Å². The minimum Gasteiger partial charge on any atom is -0.508 e. The number of carboxylic acid groups (broad SMARTS) is 2. The lowest BCUT2D eigenvalue weighted by atomic mass is 9.96. The van der Waals surface area contributed by atoms with Crippen molar-refractivity contribution in [2.24, 2.45) is 0 Å². The highest BCUT2D eigenvalue weighted by atomic mass is 32.2.